The van der Waals surface area contributed by atoms with Crippen molar-refractivity contribution in [2.75, 3.05) is 13.1 Å². The Morgan fingerprint density at radius 2 is 2.00 bits per heavy atom. The highest BCUT2D eigenvalue weighted by atomic mass is 16.6. The van der Waals surface area contributed by atoms with Crippen molar-refractivity contribution in [3.8, 4) is 0 Å². The zero-order valence-corrected chi connectivity index (χ0v) is 10.5. The van der Waals surface area contributed by atoms with Crippen LogP contribution in [-0.4, -0.2) is 40.9 Å². The molecule has 1 spiro atoms. The van der Waals surface area contributed by atoms with E-state index < -0.39 is 5.60 Å². The highest BCUT2D eigenvalue weighted by molar-refractivity contribution is 5.69. The van der Waals surface area contributed by atoms with Crippen molar-refractivity contribution in [3.05, 3.63) is 0 Å². The monoisotopic (exact) mass is 227 g/mol. The van der Waals surface area contributed by atoms with Crippen molar-refractivity contribution in [3.63, 3.8) is 0 Å². The third-order valence-electron chi connectivity index (χ3n) is 3.82. The summed E-state index contributed by atoms with van der Waals surface area (Å²) in [7, 11) is 0. The third-order valence-corrected chi connectivity index (χ3v) is 3.82. The molecule has 2 fully saturated rings. The first kappa shape index (κ1) is 11.7. The van der Waals surface area contributed by atoms with Crippen LogP contribution in [0.5, 0.6) is 0 Å². The molecule has 16 heavy (non-hydrogen) atoms. The van der Waals surface area contributed by atoms with Gasteiger partial charge in [-0.1, -0.05) is 6.92 Å². The Morgan fingerprint density at radius 3 is 2.38 bits per heavy atom. The standard InChI is InChI=1S/C12H21NO3/c1-8-9(14)5-12(8)6-13(7-12)10(15)16-11(2,3)4/h8-9,14H,5-7H2,1-4H3. The Labute approximate surface area is 96.6 Å². The number of carbonyl (C=O) groups is 1. The summed E-state index contributed by atoms with van der Waals surface area (Å²) in [4.78, 5) is 13.4. The van der Waals surface area contributed by atoms with E-state index in [2.05, 4.69) is 6.92 Å². The molecule has 4 nitrogen and oxygen atoms in total. The van der Waals surface area contributed by atoms with E-state index in [1.165, 1.54) is 0 Å². The molecule has 0 bridgehead atoms. The number of likely N-dealkylation sites (tertiary alicyclic amines) is 1. The number of aliphatic hydroxyl groups excluding tert-OH is 1. The highest BCUT2D eigenvalue weighted by Crippen LogP contribution is 2.52. The average molecular weight is 227 g/mol. The normalized spacial score (nSPS) is 31.9. The molecule has 1 aliphatic heterocycles. The van der Waals surface area contributed by atoms with Gasteiger partial charge >= 0.3 is 6.09 Å². The maximum atomic E-state index is 11.7. The molecular formula is C12H21NO3. The molecule has 0 aromatic carbocycles. The number of nitrogens with zero attached hydrogens (tertiary/aromatic N) is 1. The minimum absolute atomic E-state index is 0.177. The predicted molar refractivity (Wildman–Crippen MR) is 60.0 cm³/mol. The molecule has 2 aliphatic rings. The molecule has 0 aromatic heterocycles. The molecule has 2 atom stereocenters. The number of ether oxygens (including phenoxy) is 1. The number of rotatable bonds is 0. The van der Waals surface area contributed by atoms with Crippen LogP contribution in [0.4, 0.5) is 4.79 Å². The summed E-state index contributed by atoms with van der Waals surface area (Å²) < 4.78 is 5.29. The fourth-order valence-electron chi connectivity index (χ4n) is 2.61. The average Bonchev–Trinajstić information content (AvgIpc) is 2.06. The molecule has 4 heteroatoms. The Kier molecular flexibility index (Phi) is 2.46. The van der Waals surface area contributed by atoms with Crippen LogP contribution in [0.3, 0.4) is 0 Å². The first-order valence-electron chi connectivity index (χ1n) is 5.89. The molecule has 1 aliphatic carbocycles. The van der Waals surface area contributed by atoms with Gasteiger partial charge < -0.3 is 14.7 Å². The summed E-state index contributed by atoms with van der Waals surface area (Å²) in [6.45, 7) is 9.14. The molecule has 2 rings (SSSR count). The maximum Gasteiger partial charge on any atom is 0.410 e. The summed E-state index contributed by atoms with van der Waals surface area (Å²) in [5, 5.41) is 9.49. The van der Waals surface area contributed by atoms with Crippen LogP contribution in [0.25, 0.3) is 0 Å². The summed E-state index contributed by atoms with van der Waals surface area (Å²) >= 11 is 0. The quantitative estimate of drug-likeness (QED) is 0.684. The summed E-state index contributed by atoms with van der Waals surface area (Å²) in [5.74, 6) is 0.311. The molecule has 1 N–H and O–H groups in total. The number of carbonyl (C=O) groups excluding carboxylic acids is 1. The van der Waals surface area contributed by atoms with Crippen molar-refractivity contribution in [2.24, 2.45) is 11.3 Å². The van der Waals surface area contributed by atoms with Crippen LogP contribution in [0.15, 0.2) is 0 Å². The van der Waals surface area contributed by atoms with Crippen molar-refractivity contribution in [2.45, 2.75) is 45.8 Å². The predicted octanol–water partition coefficient (Wildman–Crippen LogP) is 1.62. The lowest BCUT2D eigenvalue weighted by molar-refractivity contribution is -0.172. The van der Waals surface area contributed by atoms with Crippen LogP contribution in [-0.2, 0) is 4.74 Å². The highest BCUT2D eigenvalue weighted by Gasteiger charge is 2.59. The van der Waals surface area contributed by atoms with Gasteiger partial charge in [-0.25, -0.2) is 4.79 Å². The maximum absolute atomic E-state index is 11.7. The van der Waals surface area contributed by atoms with Crippen LogP contribution >= 0.6 is 0 Å². The van der Waals surface area contributed by atoms with Gasteiger partial charge in [-0.2, -0.15) is 0 Å². The van der Waals surface area contributed by atoms with E-state index >= 15 is 0 Å². The Bertz CT molecular complexity index is 302. The van der Waals surface area contributed by atoms with Crippen LogP contribution in [0.2, 0.25) is 0 Å². The second-order valence-electron chi connectivity index (χ2n) is 6.26. The lowest BCUT2D eigenvalue weighted by atomic mass is 9.55. The van der Waals surface area contributed by atoms with Gasteiger partial charge in [0.05, 0.1) is 6.10 Å². The summed E-state index contributed by atoms with van der Waals surface area (Å²) in [6, 6.07) is 0. The Balaban J connectivity index is 1.83. The van der Waals surface area contributed by atoms with E-state index in [0.29, 0.717) is 5.92 Å². The molecule has 92 valence electrons. The molecule has 1 saturated heterocycles. The van der Waals surface area contributed by atoms with Crippen molar-refractivity contribution >= 4 is 6.09 Å². The molecule has 1 heterocycles. The van der Waals surface area contributed by atoms with Gasteiger partial charge in [-0.05, 0) is 33.1 Å². The first-order chi connectivity index (χ1) is 7.23. The van der Waals surface area contributed by atoms with Crippen LogP contribution in [0.1, 0.15) is 34.1 Å². The van der Waals surface area contributed by atoms with E-state index in [9.17, 15) is 9.90 Å². The van der Waals surface area contributed by atoms with Gasteiger partial charge in [0.2, 0.25) is 0 Å². The first-order valence-corrected chi connectivity index (χ1v) is 5.89. The minimum atomic E-state index is -0.426. The van der Waals surface area contributed by atoms with Crippen molar-refractivity contribution in [1.29, 1.82) is 0 Å². The van der Waals surface area contributed by atoms with Gasteiger partial charge in [0.25, 0.3) is 0 Å². The van der Waals surface area contributed by atoms with Gasteiger partial charge in [0, 0.05) is 18.5 Å². The van der Waals surface area contributed by atoms with E-state index in [-0.39, 0.29) is 17.6 Å². The smallest absolute Gasteiger partial charge is 0.410 e. The van der Waals surface area contributed by atoms with Gasteiger partial charge in [-0.15, -0.1) is 0 Å². The Morgan fingerprint density at radius 1 is 1.44 bits per heavy atom. The van der Waals surface area contributed by atoms with Gasteiger partial charge in [0.1, 0.15) is 5.60 Å². The number of aliphatic hydroxyl groups is 1. The van der Waals surface area contributed by atoms with E-state index in [1.54, 1.807) is 4.90 Å². The molecular weight excluding hydrogens is 206 g/mol. The minimum Gasteiger partial charge on any atom is -0.444 e. The van der Waals surface area contributed by atoms with Crippen LogP contribution in [0, 0.1) is 11.3 Å². The summed E-state index contributed by atoms with van der Waals surface area (Å²) in [5.41, 5.74) is -0.249. The van der Waals surface area contributed by atoms with E-state index in [1.807, 2.05) is 20.8 Å². The third kappa shape index (κ3) is 1.79. The number of hydrogen-bond donors (Lipinski definition) is 1. The molecule has 1 saturated carbocycles. The summed E-state index contributed by atoms with van der Waals surface area (Å²) in [6.07, 6.45) is 0.417. The molecule has 0 radical (unpaired) electrons. The zero-order valence-electron chi connectivity index (χ0n) is 10.5. The SMILES string of the molecule is CC1C(O)CC12CN(C(=O)OC(C)(C)C)C2. The molecule has 0 aromatic rings. The van der Waals surface area contributed by atoms with E-state index in [4.69, 9.17) is 4.74 Å². The second-order valence-corrected chi connectivity index (χ2v) is 6.26. The number of hydrogen-bond acceptors (Lipinski definition) is 3. The topological polar surface area (TPSA) is 49.8 Å². The molecule has 2 unspecified atom stereocenters. The van der Waals surface area contributed by atoms with Crippen LogP contribution < -0.4 is 0 Å². The fourth-order valence-corrected chi connectivity index (χ4v) is 2.61. The van der Waals surface area contributed by atoms with E-state index in [0.717, 1.165) is 19.5 Å². The largest absolute Gasteiger partial charge is 0.444 e. The van der Waals surface area contributed by atoms with Crippen molar-refractivity contribution < 1.29 is 14.6 Å². The number of amides is 1. The van der Waals surface area contributed by atoms with Gasteiger partial charge in [-0.3, -0.25) is 0 Å². The van der Waals surface area contributed by atoms with Crippen molar-refractivity contribution in [1.82, 2.24) is 4.90 Å². The molecule has 1 amide bonds. The lowest BCUT2D eigenvalue weighted by Crippen LogP contribution is -2.69. The second kappa shape index (κ2) is 3.36. The lowest BCUT2D eigenvalue weighted by Gasteiger charge is -2.61. The Hall–Kier alpha value is -0.770. The zero-order chi connectivity index (χ0) is 12.1. The fraction of sp³-hybridized carbons (Fsp3) is 0.917. The van der Waals surface area contributed by atoms with Gasteiger partial charge in [0.15, 0.2) is 0 Å².